The van der Waals surface area contributed by atoms with Gasteiger partial charge in [0.2, 0.25) is 17.8 Å². The maximum absolute atomic E-state index is 14.1. The lowest BCUT2D eigenvalue weighted by molar-refractivity contribution is -0.142. The fourth-order valence-electron chi connectivity index (χ4n) is 4.77. The molecule has 0 spiro atoms. The van der Waals surface area contributed by atoms with Crippen molar-refractivity contribution in [2.45, 2.75) is 19.4 Å². The summed E-state index contributed by atoms with van der Waals surface area (Å²) in [6.45, 7) is 5.59. The summed E-state index contributed by atoms with van der Waals surface area (Å²) in [7, 11) is 1.56. The van der Waals surface area contributed by atoms with E-state index in [1.165, 1.54) is 9.47 Å². The Labute approximate surface area is 229 Å². The number of halogens is 2. The van der Waals surface area contributed by atoms with Gasteiger partial charge in [-0.3, -0.25) is 14.2 Å². The second-order valence-corrected chi connectivity index (χ2v) is 9.66. The van der Waals surface area contributed by atoms with Crippen LogP contribution in [0, 0.1) is 0 Å². The third-order valence-corrected chi connectivity index (χ3v) is 6.87. The highest BCUT2D eigenvalue weighted by Gasteiger charge is 2.26. The molecule has 2 fully saturated rings. The minimum atomic E-state index is -2.84. The molecule has 0 unspecified atom stereocenters. The normalized spacial score (nSPS) is 16.8. The van der Waals surface area contributed by atoms with E-state index >= 15 is 0 Å². The molecule has 40 heavy (non-hydrogen) atoms. The molecule has 14 heteroatoms. The van der Waals surface area contributed by atoms with Crippen molar-refractivity contribution in [1.82, 2.24) is 29.3 Å². The van der Waals surface area contributed by atoms with E-state index in [4.69, 9.17) is 9.47 Å². The van der Waals surface area contributed by atoms with Crippen molar-refractivity contribution in [3.8, 4) is 5.82 Å². The molecule has 0 saturated carbocycles. The standard InChI is InChI=1S/C26H32F2N8O4/c1-17(25(38)33(2)16-22(37)35-9-13-40-14-10-35)29-26-31-20(34-7-11-39-12-8-34)15-21(32-26)36-19-6-4-3-5-18(19)30-24(36)23(27)28/h3-6,15,17,23H,7-14,16H2,1-2H3,(H,29,31,32)/t17-/m0/s1. The van der Waals surface area contributed by atoms with Crippen LogP contribution in [0.4, 0.5) is 20.5 Å². The molecule has 0 aliphatic carbocycles. The number of anilines is 2. The summed E-state index contributed by atoms with van der Waals surface area (Å²) in [6, 6.07) is 7.67. The Bertz CT molecular complexity index is 1360. The molecule has 1 N–H and O–H groups in total. The number of ether oxygens (including phenoxy) is 2. The zero-order valence-electron chi connectivity index (χ0n) is 22.4. The van der Waals surface area contributed by atoms with Crippen LogP contribution in [0.5, 0.6) is 0 Å². The SMILES string of the molecule is C[C@H](Nc1nc(N2CCOCC2)cc(-n2c(C(F)F)nc3ccccc32)n1)C(=O)N(C)CC(=O)N1CCOCC1. The molecule has 1 aromatic carbocycles. The van der Waals surface area contributed by atoms with E-state index in [0.717, 1.165) is 0 Å². The van der Waals surface area contributed by atoms with Gasteiger partial charge in [-0.25, -0.2) is 13.8 Å². The Balaban J connectivity index is 1.43. The number of amides is 2. The number of carbonyl (C=O) groups excluding carboxylic acids is 2. The molecular weight excluding hydrogens is 526 g/mol. The molecular formula is C26H32F2N8O4. The second-order valence-electron chi connectivity index (χ2n) is 9.66. The molecule has 3 aromatic rings. The minimum absolute atomic E-state index is 0.0798. The van der Waals surface area contributed by atoms with Crippen molar-refractivity contribution in [3.05, 3.63) is 36.2 Å². The highest BCUT2D eigenvalue weighted by molar-refractivity contribution is 5.88. The van der Waals surface area contributed by atoms with Gasteiger partial charge in [0.25, 0.3) is 6.43 Å². The summed E-state index contributed by atoms with van der Waals surface area (Å²) in [5.41, 5.74) is 0.884. The first-order valence-corrected chi connectivity index (χ1v) is 13.2. The minimum Gasteiger partial charge on any atom is -0.378 e. The van der Waals surface area contributed by atoms with Gasteiger partial charge in [-0.15, -0.1) is 0 Å². The van der Waals surface area contributed by atoms with E-state index < -0.39 is 18.3 Å². The first kappa shape index (κ1) is 27.6. The summed E-state index contributed by atoms with van der Waals surface area (Å²) in [4.78, 5) is 44.0. The summed E-state index contributed by atoms with van der Waals surface area (Å²) < 4.78 is 40.2. The van der Waals surface area contributed by atoms with Crippen LogP contribution in [0.15, 0.2) is 30.3 Å². The topological polar surface area (TPSA) is 118 Å². The number of aromatic nitrogens is 4. The zero-order chi connectivity index (χ0) is 28.2. The van der Waals surface area contributed by atoms with Crippen LogP contribution in [-0.4, -0.2) is 113 Å². The fraction of sp³-hybridized carbons (Fsp3) is 0.500. The number of nitrogens with one attached hydrogen (secondary N) is 1. The number of alkyl halides is 2. The van der Waals surface area contributed by atoms with E-state index in [1.54, 1.807) is 49.2 Å². The number of rotatable bonds is 8. The van der Waals surface area contributed by atoms with E-state index in [9.17, 15) is 18.4 Å². The lowest BCUT2D eigenvalue weighted by Gasteiger charge is -2.30. The van der Waals surface area contributed by atoms with Crippen molar-refractivity contribution in [2.75, 3.05) is 76.4 Å². The Hall–Kier alpha value is -3.91. The molecule has 0 bridgehead atoms. The third kappa shape index (κ3) is 5.97. The maximum atomic E-state index is 14.1. The van der Waals surface area contributed by atoms with E-state index in [0.29, 0.717) is 69.5 Å². The highest BCUT2D eigenvalue weighted by atomic mass is 19.3. The Morgan fingerprint density at radius 3 is 2.35 bits per heavy atom. The largest absolute Gasteiger partial charge is 0.378 e. The van der Waals surface area contributed by atoms with Crippen molar-refractivity contribution in [2.24, 2.45) is 0 Å². The Morgan fingerprint density at radius 1 is 1.00 bits per heavy atom. The molecule has 2 aliphatic heterocycles. The average molecular weight is 559 g/mol. The molecule has 214 valence electrons. The third-order valence-electron chi connectivity index (χ3n) is 6.87. The van der Waals surface area contributed by atoms with Crippen LogP contribution in [0.3, 0.4) is 0 Å². The van der Waals surface area contributed by atoms with Gasteiger partial charge >= 0.3 is 0 Å². The number of benzene rings is 1. The molecule has 1 atom stereocenters. The quantitative estimate of drug-likeness (QED) is 0.441. The molecule has 12 nitrogen and oxygen atoms in total. The van der Waals surface area contributed by atoms with Crippen LogP contribution in [0.2, 0.25) is 0 Å². The number of nitrogens with zero attached hydrogens (tertiary/aromatic N) is 7. The summed E-state index contributed by atoms with van der Waals surface area (Å²) in [6.07, 6.45) is -2.84. The lowest BCUT2D eigenvalue weighted by atomic mass is 10.3. The molecule has 4 heterocycles. The van der Waals surface area contributed by atoms with Crippen molar-refractivity contribution in [1.29, 1.82) is 0 Å². The Kier molecular flexibility index (Phi) is 8.35. The van der Waals surface area contributed by atoms with Gasteiger partial charge in [-0.1, -0.05) is 12.1 Å². The number of imidazole rings is 1. The number of para-hydroxylation sites is 2. The number of likely N-dealkylation sites (N-methyl/N-ethyl adjacent to an activating group) is 1. The van der Waals surface area contributed by atoms with Crippen LogP contribution >= 0.6 is 0 Å². The summed E-state index contributed by atoms with van der Waals surface area (Å²) in [5, 5.41) is 3.02. The van der Waals surface area contributed by atoms with Crippen LogP contribution in [-0.2, 0) is 19.1 Å². The molecule has 2 aromatic heterocycles. The summed E-state index contributed by atoms with van der Waals surface area (Å²) in [5.74, 6) is -0.159. The van der Waals surface area contributed by atoms with Gasteiger partial charge in [0.05, 0.1) is 44.0 Å². The van der Waals surface area contributed by atoms with E-state index in [1.807, 2.05) is 4.90 Å². The molecule has 0 radical (unpaired) electrons. The molecule has 5 rings (SSSR count). The predicted octanol–water partition coefficient (Wildman–Crippen LogP) is 1.71. The number of hydrogen-bond donors (Lipinski definition) is 1. The lowest BCUT2D eigenvalue weighted by Crippen LogP contribution is -2.48. The first-order chi connectivity index (χ1) is 19.3. The van der Waals surface area contributed by atoms with Gasteiger partial charge in [0, 0.05) is 39.3 Å². The molecule has 2 amide bonds. The smallest absolute Gasteiger partial charge is 0.296 e. The van der Waals surface area contributed by atoms with Gasteiger partial charge in [0.1, 0.15) is 17.7 Å². The number of hydrogen-bond acceptors (Lipinski definition) is 9. The Morgan fingerprint density at radius 2 is 1.65 bits per heavy atom. The monoisotopic (exact) mass is 558 g/mol. The van der Waals surface area contributed by atoms with Crippen molar-refractivity contribution < 1.29 is 27.8 Å². The molecule has 2 aliphatic rings. The van der Waals surface area contributed by atoms with Gasteiger partial charge in [-0.2, -0.15) is 9.97 Å². The van der Waals surface area contributed by atoms with Crippen molar-refractivity contribution >= 4 is 34.6 Å². The first-order valence-electron chi connectivity index (χ1n) is 13.2. The van der Waals surface area contributed by atoms with Gasteiger partial charge in [0.15, 0.2) is 5.82 Å². The number of carbonyl (C=O) groups is 2. The predicted molar refractivity (Wildman–Crippen MR) is 143 cm³/mol. The highest BCUT2D eigenvalue weighted by Crippen LogP contribution is 2.29. The van der Waals surface area contributed by atoms with Gasteiger partial charge < -0.3 is 29.5 Å². The van der Waals surface area contributed by atoms with Crippen LogP contribution < -0.4 is 10.2 Å². The van der Waals surface area contributed by atoms with Crippen molar-refractivity contribution in [3.63, 3.8) is 0 Å². The zero-order valence-corrected chi connectivity index (χ0v) is 22.4. The number of morpholine rings is 2. The van der Waals surface area contributed by atoms with E-state index in [-0.39, 0.29) is 30.1 Å². The second kappa shape index (κ2) is 12.1. The van der Waals surface area contributed by atoms with Crippen LogP contribution in [0.25, 0.3) is 16.9 Å². The van der Waals surface area contributed by atoms with Crippen LogP contribution in [0.1, 0.15) is 19.2 Å². The molecule has 2 saturated heterocycles. The number of fused-ring (bicyclic) bond motifs is 1. The van der Waals surface area contributed by atoms with E-state index in [2.05, 4.69) is 20.3 Å². The average Bonchev–Trinajstić information content (AvgIpc) is 3.37. The van der Waals surface area contributed by atoms with Gasteiger partial charge in [-0.05, 0) is 19.1 Å². The fourth-order valence-corrected chi connectivity index (χ4v) is 4.77. The summed E-state index contributed by atoms with van der Waals surface area (Å²) >= 11 is 0. The maximum Gasteiger partial charge on any atom is 0.296 e.